The summed E-state index contributed by atoms with van der Waals surface area (Å²) in [6.07, 6.45) is -2.19. The van der Waals surface area contributed by atoms with Crippen molar-refractivity contribution in [1.29, 1.82) is 0 Å². The van der Waals surface area contributed by atoms with Crippen LogP contribution in [-0.2, 0) is 6.18 Å². The highest BCUT2D eigenvalue weighted by Crippen LogP contribution is 2.37. The molecule has 1 aromatic rings. The summed E-state index contributed by atoms with van der Waals surface area (Å²) < 4.78 is 39.2. The highest BCUT2D eigenvalue weighted by atomic mass is 79.9. The molecule has 0 saturated carbocycles. The van der Waals surface area contributed by atoms with Gasteiger partial charge in [0.25, 0.3) is 0 Å². The molecule has 6 heteroatoms. The molecule has 2 nitrogen and oxygen atoms in total. The van der Waals surface area contributed by atoms with Gasteiger partial charge < -0.3 is 10.2 Å². The number of benzene rings is 1. The van der Waals surface area contributed by atoms with Crippen molar-refractivity contribution >= 4 is 21.6 Å². The fourth-order valence-electron chi connectivity index (χ4n) is 2.63. The Hall–Kier alpha value is -0.750. The van der Waals surface area contributed by atoms with E-state index < -0.39 is 11.7 Å². The molecule has 1 unspecified atom stereocenters. The Labute approximate surface area is 131 Å². The molecule has 0 aromatic heterocycles. The molecule has 1 fully saturated rings. The van der Waals surface area contributed by atoms with E-state index in [0.717, 1.165) is 49.6 Å². The largest absolute Gasteiger partial charge is 0.416 e. The molecule has 0 radical (unpaired) electrons. The zero-order chi connectivity index (χ0) is 15.5. The zero-order valence-corrected chi connectivity index (χ0v) is 13.6. The van der Waals surface area contributed by atoms with Crippen LogP contribution < -0.4 is 10.2 Å². The number of rotatable bonds is 5. The minimum Gasteiger partial charge on any atom is -0.370 e. The summed E-state index contributed by atoms with van der Waals surface area (Å²) in [5, 5.41) is 3.38. The van der Waals surface area contributed by atoms with E-state index in [9.17, 15) is 13.2 Å². The summed E-state index contributed by atoms with van der Waals surface area (Å²) in [5.41, 5.74) is 0.0519. The molecule has 118 valence electrons. The van der Waals surface area contributed by atoms with Gasteiger partial charge in [-0.05, 0) is 66.0 Å². The molecule has 0 spiro atoms. The van der Waals surface area contributed by atoms with Crippen LogP contribution in [0.5, 0.6) is 0 Å². The van der Waals surface area contributed by atoms with Gasteiger partial charge in [0.15, 0.2) is 0 Å². The Balaban J connectivity index is 2.05. The SMILES string of the molecule is CCCNCC1CCN(c2cc(C(F)(F)F)ccc2Br)C1. The molecule has 2 rings (SSSR count). The topological polar surface area (TPSA) is 15.3 Å². The number of nitrogens with zero attached hydrogens (tertiary/aromatic N) is 1. The van der Waals surface area contributed by atoms with Crippen LogP contribution in [0.25, 0.3) is 0 Å². The van der Waals surface area contributed by atoms with Gasteiger partial charge in [-0.2, -0.15) is 13.2 Å². The molecule has 1 N–H and O–H groups in total. The molecule has 1 aliphatic heterocycles. The van der Waals surface area contributed by atoms with E-state index in [1.807, 2.05) is 4.90 Å². The first-order valence-corrected chi connectivity index (χ1v) is 8.03. The van der Waals surface area contributed by atoms with Gasteiger partial charge in [-0.25, -0.2) is 0 Å². The van der Waals surface area contributed by atoms with Crippen molar-refractivity contribution in [3.8, 4) is 0 Å². The lowest BCUT2D eigenvalue weighted by atomic mass is 10.1. The lowest BCUT2D eigenvalue weighted by Gasteiger charge is -2.22. The highest BCUT2D eigenvalue weighted by molar-refractivity contribution is 9.10. The van der Waals surface area contributed by atoms with E-state index in [2.05, 4.69) is 28.2 Å². The Morgan fingerprint density at radius 1 is 1.38 bits per heavy atom. The summed E-state index contributed by atoms with van der Waals surface area (Å²) in [7, 11) is 0. The Morgan fingerprint density at radius 3 is 2.81 bits per heavy atom. The first kappa shape index (κ1) is 16.6. The van der Waals surface area contributed by atoms with Crippen molar-refractivity contribution in [3.05, 3.63) is 28.2 Å². The number of hydrogen-bond donors (Lipinski definition) is 1. The number of anilines is 1. The predicted molar refractivity (Wildman–Crippen MR) is 82.6 cm³/mol. The monoisotopic (exact) mass is 364 g/mol. The minimum absolute atomic E-state index is 0.498. The van der Waals surface area contributed by atoms with Crippen molar-refractivity contribution < 1.29 is 13.2 Å². The van der Waals surface area contributed by atoms with E-state index in [1.165, 1.54) is 12.1 Å². The van der Waals surface area contributed by atoms with E-state index in [-0.39, 0.29) is 0 Å². The standard InChI is InChI=1S/C15H20BrF3N2/c1-2-6-20-9-11-5-7-21(10-11)14-8-12(15(17,18)19)3-4-13(14)16/h3-4,8,11,20H,2,5-7,9-10H2,1H3. The average Bonchev–Trinajstić information content (AvgIpc) is 2.87. The Bertz CT molecular complexity index is 476. The van der Waals surface area contributed by atoms with Gasteiger partial charge in [0.05, 0.1) is 11.3 Å². The molecule has 1 aliphatic rings. The summed E-state index contributed by atoms with van der Waals surface area (Å²) in [6.45, 7) is 5.65. The average molecular weight is 365 g/mol. The van der Waals surface area contributed by atoms with E-state index >= 15 is 0 Å². The third kappa shape index (κ3) is 4.36. The molecule has 1 atom stereocenters. The van der Waals surface area contributed by atoms with Gasteiger partial charge in [0.1, 0.15) is 0 Å². The van der Waals surface area contributed by atoms with Gasteiger partial charge in [0.2, 0.25) is 0 Å². The molecule has 21 heavy (non-hydrogen) atoms. The first-order chi connectivity index (χ1) is 9.91. The van der Waals surface area contributed by atoms with Crippen molar-refractivity contribution in [3.63, 3.8) is 0 Å². The predicted octanol–water partition coefficient (Wildman–Crippen LogP) is 4.29. The molecule has 0 aliphatic carbocycles. The smallest absolute Gasteiger partial charge is 0.370 e. The van der Waals surface area contributed by atoms with Crippen LogP contribution in [0, 0.1) is 5.92 Å². The third-order valence-electron chi connectivity index (χ3n) is 3.76. The molecule has 1 saturated heterocycles. The molecule has 0 bridgehead atoms. The normalized spacial score (nSPS) is 19.3. The van der Waals surface area contributed by atoms with Crippen molar-refractivity contribution in [2.45, 2.75) is 25.9 Å². The van der Waals surface area contributed by atoms with Crippen molar-refractivity contribution in [2.75, 3.05) is 31.1 Å². The van der Waals surface area contributed by atoms with E-state index in [4.69, 9.17) is 0 Å². The summed E-state index contributed by atoms with van der Waals surface area (Å²) in [4.78, 5) is 2.04. The molecule has 1 heterocycles. The van der Waals surface area contributed by atoms with Gasteiger partial charge >= 0.3 is 6.18 Å². The van der Waals surface area contributed by atoms with Gasteiger partial charge in [0, 0.05) is 17.6 Å². The van der Waals surface area contributed by atoms with Crippen LogP contribution in [0.4, 0.5) is 18.9 Å². The van der Waals surface area contributed by atoms with E-state index in [1.54, 1.807) is 0 Å². The number of hydrogen-bond acceptors (Lipinski definition) is 2. The first-order valence-electron chi connectivity index (χ1n) is 7.24. The van der Waals surface area contributed by atoms with Crippen LogP contribution in [0.15, 0.2) is 22.7 Å². The quantitative estimate of drug-likeness (QED) is 0.783. The second-order valence-electron chi connectivity index (χ2n) is 5.47. The van der Waals surface area contributed by atoms with Crippen LogP contribution in [0.3, 0.4) is 0 Å². The maximum atomic E-state index is 12.8. The third-order valence-corrected chi connectivity index (χ3v) is 4.43. The maximum absolute atomic E-state index is 12.8. The number of halogens is 4. The molecular formula is C15H20BrF3N2. The van der Waals surface area contributed by atoms with Gasteiger partial charge in [-0.3, -0.25) is 0 Å². The van der Waals surface area contributed by atoms with Crippen molar-refractivity contribution in [1.82, 2.24) is 5.32 Å². The lowest BCUT2D eigenvalue weighted by Crippen LogP contribution is -2.27. The number of nitrogens with one attached hydrogen (secondary N) is 1. The van der Waals surface area contributed by atoms with Crippen LogP contribution >= 0.6 is 15.9 Å². The van der Waals surface area contributed by atoms with Gasteiger partial charge in [-0.15, -0.1) is 0 Å². The highest BCUT2D eigenvalue weighted by Gasteiger charge is 2.32. The van der Waals surface area contributed by atoms with Crippen LogP contribution in [-0.4, -0.2) is 26.2 Å². The van der Waals surface area contributed by atoms with Crippen LogP contribution in [0.2, 0.25) is 0 Å². The maximum Gasteiger partial charge on any atom is 0.416 e. The van der Waals surface area contributed by atoms with E-state index in [0.29, 0.717) is 11.6 Å². The fraction of sp³-hybridized carbons (Fsp3) is 0.600. The molecular weight excluding hydrogens is 345 g/mol. The Kier molecular flexibility index (Phi) is 5.54. The summed E-state index contributed by atoms with van der Waals surface area (Å²) in [6, 6.07) is 3.84. The van der Waals surface area contributed by atoms with Gasteiger partial charge in [-0.1, -0.05) is 6.92 Å². The second kappa shape index (κ2) is 7.01. The molecule has 1 aromatic carbocycles. The summed E-state index contributed by atoms with van der Waals surface area (Å²) >= 11 is 3.37. The van der Waals surface area contributed by atoms with Crippen molar-refractivity contribution in [2.24, 2.45) is 5.92 Å². The number of alkyl halides is 3. The summed E-state index contributed by atoms with van der Waals surface area (Å²) in [5.74, 6) is 0.498. The van der Waals surface area contributed by atoms with Crippen LogP contribution in [0.1, 0.15) is 25.3 Å². The minimum atomic E-state index is -4.29. The lowest BCUT2D eigenvalue weighted by molar-refractivity contribution is -0.137. The Morgan fingerprint density at radius 2 is 2.14 bits per heavy atom. The zero-order valence-electron chi connectivity index (χ0n) is 12.0. The fourth-order valence-corrected chi connectivity index (χ4v) is 3.13. The second-order valence-corrected chi connectivity index (χ2v) is 6.32. The molecule has 0 amide bonds.